The largest absolute Gasteiger partial charge is 0.345 e. The minimum atomic E-state index is 0.253. The Morgan fingerprint density at radius 3 is 2.55 bits per heavy atom. The zero-order chi connectivity index (χ0) is 20.4. The van der Waals surface area contributed by atoms with Crippen LogP contribution < -0.4 is 4.90 Å². The second-order valence-electron chi connectivity index (χ2n) is 8.71. The van der Waals surface area contributed by atoms with Crippen LogP contribution in [0.15, 0.2) is 12.1 Å². The number of anilines is 1. The van der Waals surface area contributed by atoms with Crippen molar-refractivity contribution in [2.75, 3.05) is 31.1 Å². The van der Waals surface area contributed by atoms with E-state index < -0.39 is 0 Å². The summed E-state index contributed by atoms with van der Waals surface area (Å²) >= 11 is 8.04. The van der Waals surface area contributed by atoms with E-state index in [1.54, 1.807) is 11.3 Å². The zero-order valence-electron chi connectivity index (χ0n) is 17.6. The highest BCUT2D eigenvalue weighted by atomic mass is 35.5. The maximum absolute atomic E-state index is 13.0. The number of hydrogen-bond donors (Lipinski definition) is 0. The lowest BCUT2D eigenvalue weighted by Gasteiger charge is -2.37. The van der Waals surface area contributed by atoms with Crippen molar-refractivity contribution in [2.24, 2.45) is 11.8 Å². The Hall–Kier alpha value is -1.33. The molecule has 1 saturated carbocycles. The number of carbonyl (C=O) groups is 1. The Bertz CT molecular complexity index is 812. The third kappa shape index (κ3) is 4.56. The fraction of sp³-hybridized carbons (Fsp3) is 0.652. The van der Waals surface area contributed by atoms with E-state index in [-0.39, 0.29) is 5.92 Å². The molecule has 158 valence electrons. The lowest BCUT2D eigenvalue weighted by molar-refractivity contribution is -0.137. The van der Waals surface area contributed by atoms with Crippen molar-refractivity contribution >= 4 is 44.2 Å². The van der Waals surface area contributed by atoms with Gasteiger partial charge in [-0.2, -0.15) is 0 Å². The number of unbranched alkanes of at least 4 members (excludes halogenated alkanes) is 1. The molecule has 2 fully saturated rings. The number of carbonyl (C=O) groups excluding carboxylic acids is 1. The Balaban J connectivity index is 1.32. The number of benzene rings is 1. The highest BCUT2D eigenvalue weighted by Crippen LogP contribution is 2.36. The molecule has 1 amide bonds. The number of rotatable bonds is 5. The molecule has 0 bridgehead atoms. The van der Waals surface area contributed by atoms with Crippen molar-refractivity contribution in [2.45, 2.75) is 58.8 Å². The van der Waals surface area contributed by atoms with E-state index in [1.165, 1.54) is 32.1 Å². The zero-order valence-corrected chi connectivity index (χ0v) is 19.2. The molecule has 1 aromatic heterocycles. The Kier molecular flexibility index (Phi) is 6.65. The normalized spacial score (nSPS) is 23.0. The van der Waals surface area contributed by atoms with Crippen LogP contribution in [0.25, 0.3) is 10.2 Å². The average molecular weight is 434 g/mol. The molecule has 0 spiro atoms. The van der Waals surface area contributed by atoms with Crippen LogP contribution in [0.3, 0.4) is 0 Å². The standard InChI is InChI=1S/C23H32ClN3OS/c1-3-4-5-17-7-9-18(10-8-17)22(28)26-12-14-27(15-13-26)23-25-20-16(2)6-11-19(24)21(20)29-23/h6,11,17-18H,3-5,7-10,12-15H2,1-2H3. The van der Waals surface area contributed by atoms with Gasteiger partial charge in [0.05, 0.1) is 15.2 Å². The molecule has 4 nitrogen and oxygen atoms in total. The van der Waals surface area contributed by atoms with Gasteiger partial charge in [0, 0.05) is 32.1 Å². The van der Waals surface area contributed by atoms with Gasteiger partial charge in [0.25, 0.3) is 0 Å². The van der Waals surface area contributed by atoms with Crippen molar-refractivity contribution in [3.05, 3.63) is 22.7 Å². The number of thiazole rings is 1. The number of halogens is 1. The lowest BCUT2D eigenvalue weighted by atomic mass is 9.79. The molecule has 0 unspecified atom stereocenters. The smallest absolute Gasteiger partial charge is 0.225 e. The van der Waals surface area contributed by atoms with Gasteiger partial charge in [0.1, 0.15) is 0 Å². The first-order valence-electron chi connectivity index (χ1n) is 11.2. The molecule has 6 heteroatoms. The highest BCUT2D eigenvalue weighted by Gasteiger charge is 2.31. The lowest BCUT2D eigenvalue weighted by Crippen LogP contribution is -2.50. The topological polar surface area (TPSA) is 36.4 Å². The summed E-state index contributed by atoms with van der Waals surface area (Å²) in [4.78, 5) is 22.3. The minimum absolute atomic E-state index is 0.253. The Morgan fingerprint density at radius 1 is 1.17 bits per heavy atom. The first-order valence-corrected chi connectivity index (χ1v) is 12.4. The molecule has 29 heavy (non-hydrogen) atoms. The number of aryl methyl sites for hydroxylation is 1. The molecular formula is C23H32ClN3OS. The first kappa shape index (κ1) is 20.9. The second-order valence-corrected chi connectivity index (χ2v) is 10.1. The van der Waals surface area contributed by atoms with Gasteiger partial charge in [-0.25, -0.2) is 4.98 Å². The van der Waals surface area contributed by atoms with Gasteiger partial charge in [0.2, 0.25) is 5.91 Å². The molecule has 1 aliphatic heterocycles. The molecule has 4 rings (SSSR count). The quantitative estimate of drug-likeness (QED) is 0.588. The van der Waals surface area contributed by atoms with Crippen LogP contribution in [0, 0.1) is 18.8 Å². The fourth-order valence-electron chi connectivity index (χ4n) is 4.79. The van der Waals surface area contributed by atoms with Crippen LogP contribution in [0.5, 0.6) is 0 Å². The molecule has 0 radical (unpaired) electrons. The van der Waals surface area contributed by atoms with Gasteiger partial charge in [-0.05, 0) is 50.2 Å². The van der Waals surface area contributed by atoms with Gasteiger partial charge < -0.3 is 9.80 Å². The second kappa shape index (κ2) is 9.22. The van der Waals surface area contributed by atoms with Crippen LogP contribution in [0.2, 0.25) is 5.02 Å². The number of hydrogen-bond acceptors (Lipinski definition) is 4. The number of aromatic nitrogens is 1. The Labute approximate surface area is 183 Å². The van der Waals surface area contributed by atoms with Crippen LogP contribution in [0.4, 0.5) is 5.13 Å². The summed E-state index contributed by atoms with van der Waals surface area (Å²) in [6, 6.07) is 3.98. The third-order valence-corrected chi connectivity index (χ3v) is 8.29. The van der Waals surface area contributed by atoms with Crippen molar-refractivity contribution in [1.82, 2.24) is 9.88 Å². The summed E-state index contributed by atoms with van der Waals surface area (Å²) in [6.07, 6.45) is 8.61. The van der Waals surface area contributed by atoms with Gasteiger partial charge >= 0.3 is 0 Å². The first-order chi connectivity index (χ1) is 14.1. The summed E-state index contributed by atoms with van der Waals surface area (Å²) in [5, 5.41) is 1.80. The monoisotopic (exact) mass is 433 g/mol. The summed E-state index contributed by atoms with van der Waals surface area (Å²) in [5.41, 5.74) is 2.17. The fourth-order valence-corrected chi connectivity index (χ4v) is 6.16. The summed E-state index contributed by atoms with van der Waals surface area (Å²) in [5.74, 6) is 1.50. The number of piperazine rings is 1. The molecule has 2 heterocycles. The van der Waals surface area contributed by atoms with Crippen LogP contribution in [-0.2, 0) is 4.79 Å². The van der Waals surface area contributed by atoms with Gasteiger partial charge in [-0.3, -0.25) is 4.79 Å². The molecule has 1 saturated heterocycles. The van der Waals surface area contributed by atoms with E-state index in [9.17, 15) is 4.79 Å². The molecule has 2 aliphatic rings. The van der Waals surface area contributed by atoms with E-state index in [1.807, 2.05) is 12.1 Å². The average Bonchev–Trinajstić information content (AvgIpc) is 3.22. The van der Waals surface area contributed by atoms with E-state index in [0.717, 1.165) is 70.9 Å². The SMILES string of the molecule is CCCCC1CCC(C(=O)N2CCN(c3nc4c(C)ccc(Cl)c4s3)CC2)CC1. The van der Waals surface area contributed by atoms with Crippen molar-refractivity contribution in [3.63, 3.8) is 0 Å². The molecule has 0 N–H and O–H groups in total. The molecule has 0 atom stereocenters. The molecule has 1 aromatic carbocycles. The summed E-state index contributed by atoms with van der Waals surface area (Å²) in [6.45, 7) is 7.66. The van der Waals surface area contributed by atoms with E-state index in [2.05, 4.69) is 23.6 Å². The molecule has 1 aliphatic carbocycles. The van der Waals surface area contributed by atoms with Gasteiger partial charge in [-0.1, -0.05) is 55.2 Å². The maximum Gasteiger partial charge on any atom is 0.225 e. The number of nitrogens with zero attached hydrogens (tertiary/aromatic N) is 3. The van der Waals surface area contributed by atoms with E-state index in [0.29, 0.717) is 5.91 Å². The molecular weight excluding hydrogens is 402 g/mol. The van der Waals surface area contributed by atoms with E-state index >= 15 is 0 Å². The minimum Gasteiger partial charge on any atom is -0.345 e. The third-order valence-electron chi connectivity index (χ3n) is 6.71. The number of amides is 1. The number of fused-ring (bicyclic) bond motifs is 1. The predicted molar refractivity (Wildman–Crippen MR) is 123 cm³/mol. The summed E-state index contributed by atoms with van der Waals surface area (Å²) in [7, 11) is 0. The summed E-state index contributed by atoms with van der Waals surface area (Å²) < 4.78 is 1.07. The predicted octanol–water partition coefficient (Wildman–Crippen LogP) is 5.90. The van der Waals surface area contributed by atoms with Crippen LogP contribution in [-0.4, -0.2) is 42.0 Å². The van der Waals surface area contributed by atoms with Gasteiger partial charge in [-0.15, -0.1) is 0 Å². The highest BCUT2D eigenvalue weighted by molar-refractivity contribution is 7.22. The van der Waals surface area contributed by atoms with Crippen molar-refractivity contribution in [1.29, 1.82) is 0 Å². The van der Waals surface area contributed by atoms with Crippen molar-refractivity contribution < 1.29 is 4.79 Å². The maximum atomic E-state index is 13.0. The van der Waals surface area contributed by atoms with E-state index in [4.69, 9.17) is 16.6 Å². The molecule has 2 aromatic rings. The van der Waals surface area contributed by atoms with Crippen LogP contribution in [0.1, 0.15) is 57.4 Å². The van der Waals surface area contributed by atoms with Crippen LogP contribution >= 0.6 is 22.9 Å². The van der Waals surface area contributed by atoms with Crippen molar-refractivity contribution in [3.8, 4) is 0 Å². The Morgan fingerprint density at radius 2 is 1.90 bits per heavy atom. The van der Waals surface area contributed by atoms with Gasteiger partial charge in [0.15, 0.2) is 5.13 Å².